The highest BCUT2D eigenvalue weighted by Crippen LogP contribution is 2.14. The molecule has 0 fully saturated rings. The minimum Gasteiger partial charge on any atom is -0.478 e. The van der Waals surface area contributed by atoms with Gasteiger partial charge < -0.3 is 10.1 Å². The monoisotopic (exact) mass is 285 g/mol. The van der Waals surface area contributed by atoms with Crippen LogP contribution in [0.5, 0.6) is 5.75 Å². The molecule has 106 valence electrons. The standard InChI is InChI=1S/C15H12FN3O2/c16-12-5-1-2-6-14(12)21-10-4-3-7-19-15(20)13-11-17-8-9-18-13/h1-2,5-6,8-9,11H,7,10H2,(H,19,20). The second-order valence-electron chi connectivity index (χ2n) is 3.85. The summed E-state index contributed by atoms with van der Waals surface area (Å²) in [6.07, 6.45) is 4.28. The van der Waals surface area contributed by atoms with Crippen LogP contribution in [0.4, 0.5) is 4.39 Å². The zero-order chi connectivity index (χ0) is 14.9. The Balaban J connectivity index is 1.73. The van der Waals surface area contributed by atoms with Gasteiger partial charge in [-0.3, -0.25) is 9.78 Å². The van der Waals surface area contributed by atoms with Gasteiger partial charge in [-0.25, -0.2) is 9.37 Å². The molecule has 2 rings (SSSR count). The van der Waals surface area contributed by atoms with Gasteiger partial charge in [0.2, 0.25) is 0 Å². The summed E-state index contributed by atoms with van der Waals surface area (Å²) in [6, 6.07) is 6.08. The summed E-state index contributed by atoms with van der Waals surface area (Å²) < 4.78 is 18.4. The molecule has 0 aliphatic heterocycles. The summed E-state index contributed by atoms with van der Waals surface area (Å²) in [4.78, 5) is 19.2. The van der Waals surface area contributed by atoms with E-state index in [4.69, 9.17) is 4.74 Å². The Morgan fingerprint density at radius 1 is 1.29 bits per heavy atom. The van der Waals surface area contributed by atoms with E-state index in [1.165, 1.54) is 30.7 Å². The van der Waals surface area contributed by atoms with Crippen molar-refractivity contribution in [2.45, 2.75) is 0 Å². The number of rotatable bonds is 4. The van der Waals surface area contributed by atoms with Crippen molar-refractivity contribution in [1.82, 2.24) is 15.3 Å². The Kier molecular flexibility index (Phi) is 5.24. The third-order valence-electron chi connectivity index (χ3n) is 2.39. The minimum atomic E-state index is -0.435. The van der Waals surface area contributed by atoms with Crippen LogP contribution in [0.3, 0.4) is 0 Å². The molecule has 0 saturated heterocycles. The van der Waals surface area contributed by atoms with Crippen molar-refractivity contribution < 1.29 is 13.9 Å². The zero-order valence-corrected chi connectivity index (χ0v) is 11.0. The molecule has 0 radical (unpaired) electrons. The molecule has 0 unspecified atom stereocenters. The largest absolute Gasteiger partial charge is 0.478 e. The van der Waals surface area contributed by atoms with E-state index in [2.05, 4.69) is 27.1 Å². The number of carbonyl (C=O) groups is 1. The van der Waals surface area contributed by atoms with Crippen molar-refractivity contribution >= 4 is 5.91 Å². The summed E-state index contributed by atoms with van der Waals surface area (Å²) in [6.45, 7) is 0.192. The van der Waals surface area contributed by atoms with E-state index in [9.17, 15) is 9.18 Å². The smallest absolute Gasteiger partial charge is 0.272 e. The third-order valence-corrected chi connectivity index (χ3v) is 2.39. The minimum absolute atomic E-state index is 0.0436. The van der Waals surface area contributed by atoms with Crippen molar-refractivity contribution in [1.29, 1.82) is 0 Å². The molecule has 0 atom stereocenters. The SMILES string of the molecule is O=C(NCC#CCOc1ccccc1F)c1cnccn1. The van der Waals surface area contributed by atoms with E-state index in [1.807, 2.05) is 0 Å². The lowest BCUT2D eigenvalue weighted by Gasteiger charge is -2.02. The number of para-hydroxylation sites is 1. The molecule has 0 bridgehead atoms. The van der Waals surface area contributed by atoms with Crippen molar-refractivity contribution in [3.8, 4) is 17.6 Å². The normalized spacial score (nSPS) is 9.38. The first-order valence-corrected chi connectivity index (χ1v) is 6.14. The predicted molar refractivity (Wildman–Crippen MR) is 74.0 cm³/mol. The van der Waals surface area contributed by atoms with Crippen LogP contribution in [0, 0.1) is 17.7 Å². The molecule has 1 N–H and O–H groups in total. The maximum Gasteiger partial charge on any atom is 0.272 e. The molecule has 0 saturated carbocycles. The quantitative estimate of drug-likeness (QED) is 0.863. The third kappa shape index (κ3) is 4.58. The van der Waals surface area contributed by atoms with Crippen molar-refractivity contribution in [3.63, 3.8) is 0 Å². The molecule has 1 aromatic heterocycles. The van der Waals surface area contributed by atoms with Gasteiger partial charge in [-0.1, -0.05) is 24.0 Å². The first kappa shape index (κ1) is 14.5. The second kappa shape index (κ2) is 7.60. The first-order chi connectivity index (χ1) is 10.3. The van der Waals surface area contributed by atoms with Crippen molar-refractivity contribution in [3.05, 3.63) is 54.4 Å². The summed E-state index contributed by atoms with van der Waals surface area (Å²) in [5.74, 6) is 4.74. The lowest BCUT2D eigenvalue weighted by atomic mass is 10.3. The fourth-order valence-electron chi connectivity index (χ4n) is 1.42. The van der Waals surface area contributed by atoms with Crippen molar-refractivity contribution in [2.75, 3.05) is 13.2 Å². The van der Waals surface area contributed by atoms with Gasteiger partial charge in [0.25, 0.3) is 5.91 Å². The van der Waals surface area contributed by atoms with Gasteiger partial charge in [-0.2, -0.15) is 0 Å². The number of nitrogens with zero attached hydrogens (tertiary/aromatic N) is 2. The van der Waals surface area contributed by atoms with E-state index in [1.54, 1.807) is 12.1 Å². The zero-order valence-electron chi connectivity index (χ0n) is 11.0. The molecule has 1 heterocycles. The molecule has 0 spiro atoms. The Morgan fingerprint density at radius 2 is 2.14 bits per heavy atom. The number of hydrogen-bond acceptors (Lipinski definition) is 4. The molecule has 2 aromatic rings. The first-order valence-electron chi connectivity index (χ1n) is 6.14. The maximum absolute atomic E-state index is 13.2. The summed E-state index contributed by atoms with van der Waals surface area (Å²) >= 11 is 0. The number of hydrogen-bond donors (Lipinski definition) is 1. The topological polar surface area (TPSA) is 64.1 Å². The van der Waals surface area contributed by atoms with Crippen LogP contribution in [0.25, 0.3) is 0 Å². The van der Waals surface area contributed by atoms with Crippen LogP contribution in [0.15, 0.2) is 42.9 Å². The molecule has 5 nitrogen and oxygen atoms in total. The van der Waals surface area contributed by atoms with E-state index in [-0.39, 0.29) is 30.5 Å². The Hall–Kier alpha value is -2.94. The highest BCUT2D eigenvalue weighted by atomic mass is 19.1. The molecule has 1 amide bonds. The number of benzene rings is 1. The highest BCUT2D eigenvalue weighted by Gasteiger charge is 2.04. The van der Waals surface area contributed by atoms with E-state index >= 15 is 0 Å². The average Bonchev–Trinajstić information content (AvgIpc) is 2.53. The van der Waals surface area contributed by atoms with Crippen LogP contribution in [0.1, 0.15) is 10.5 Å². The maximum atomic E-state index is 13.2. The number of carbonyl (C=O) groups excluding carboxylic acids is 1. The Bertz CT molecular complexity index is 665. The number of amides is 1. The second-order valence-corrected chi connectivity index (χ2v) is 3.85. The summed E-state index contributed by atoms with van der Waals surface area (Å²) in [5.41, 5.74) is 0.224. The van der Waals surface area contributed by atoms with Crippen LogP contribution < -0.4 is 10.1 Å². The Labute approximate surface area is 121 Å². The van der Waals surface area contributed by atoms with Crippen LogP contribution in [-0.2, 0) is 0 Å². The van der Waals surface area contributed by atoms with E-state index in [0.29, 0.717) is 0 Å². The molecule has 21 heavy (non-hydrogen) atoms. The van der Waals surface area contributed by atoms with Gasteiger partial charge in [-0.15, -0.1) is 0 Å². The van der Waals surface area contributed by atoms with Crippen LogP contribution in [-0.4, -0.2) is 29.0 Å². The van der Waals surface area contributed by atoms with Gasteiger partial charge in [0.1, 0.15) is 12.3 Å². The average molecular weight is 285 g/mol. The van der Waals surface area contributed by atoms with Crippen LogP contribution >= 0.6 is 0 Å². The number of ether oxygens (including phenoxy) is 1. The lowest BCUT2D eigenvalue weighted by Crippen LogP contribution is -2.24. The van der Waals surface area contributed by atoms with Gasteiger partial charge in [0, 0.05) is 12.4 Å². The van der Waals surface area contributed by atoms with Gasteiger partial charge in [-0.05, 0) is 12.1 Å². The number of halogens is 1. The van der Waals surface area contributed by atoms with Crippen LogP contribution in [0.2, 0.25) is 0 Å². The molecule has 0 aliphatic rings. The molecular formula is C15H12FN3O2. The predicted octanol–water partition coefficient (Wildman–Crippen LogP) is 1.43. The number of nitrogens with one attached hydrogen (secondary N) is 1. The number of aromatic nitrogens is 2. The van der Waals surface area contributed by atoms with Gasteiger partial charge in [0.05, 0.1) is 12.7 Å². The van der Waals surface area contributed by atoms with E-state index in [0.717, 1.165) is 0 Å². The van der Waals surface area contributed by atoms with E-state index < -0.39 is 5.82 Å². The highest BCUT2D eigenvalue weighted by molar-refractivity contribution is 5.91. The van der Waals surface area contributed by atoms with Gasteiger partial charge >= 0.3 is 0 Å². The Morgan fingerprint density at radius 3 is 2.90 bits per heavy atom. The molecule has 1 aromatic carbocycles. The van der Waals surface area contributed by atoms with Gasteiger partial charge in [0.15, 0.2) is 11.6 Å². The summed E-state index contributed by atoms with van der Waals surface area (Å²) in [5, 5.41) is 2.56. The fraction of sp³-hybridized carbons (Fsp3) is 0.133. The van der Waals surface area contributed by atoms with Crippen molar-refractivity contribution in [2.24, 2.45) is 0 Å². The molecule has 0 aliphatic carbocycles. The summed E-state index contributed by atoms with van der Waals surface area (Å²) in [7, 11) is 0. The molecule has 6 heteroatoms. The lowest BCUT2D eigenvalue weighted by molar-refractivity contribution is 0.0953. The molecular weight excluding hydrogens is 273 g/mol. The fourth-order valence-corrected chi connectivity index (χ4v) is 1.42.